The molecular weight excluding hydrogens is 457 g/mol. The van der Waals surface area contributed by atoms with Crippen LogP contribution in [0.2, 0.25) is 58.9 Å². The molecule has 3 nitrogen and oxygen atoms in total. The molecule has 6 heteroatoms. The van der Waals surface area contributed by atoms with Crippen LogP contribution < -0.4 is 4.43 Å². The third-order valence-electron chi connectivity index (χ3n) is 7.52. The maximum Gasteiger partial charge on any atom is 0.242 e. The molecule has 1 aromatic carbocycles. The largest absolute Gasteiger partial charge is 0.546 e. The standard InChI is InChI=1S/C27H46O3Si3/c1-27-16-15-22-21-14-12-20(28-31(2,3)4)17-19(21)11-13-23(22)24(27)18-25(29-32(5,6)7)26(27)30-33(8,9)10/h12,14,17-18,22-24,26H,11,13,15-16H2,1-10H3/t22?,23?,24?,26-,27-/m0/s1. The zero-order chi connectivity index (χ0) is 24.4. The van der Waals surface area contributed by atoms with Crippen molar-refractivity contribution in [1.82, 2.24) is 0 Å². The Morgan fingerprint density at radius 3 is 2.12 bits per heavy atom. The second-order valence-corrected chi connectivity index (χ2v) is 27.2. The number of allylic oxidation sites excluding steroid dienone is 1. The normalized spacial score (nSPS) is 31.9. The van der Waals surface area contributed by atoms with Gasteiger partial charge < -0.3 is 13.3 Å². The maximum absolute atomic E-state index is 6.90. The number of aryl methyl sites for hydroxylation is 1. The van der Waals surface area contributed by atoms with Gasteiger partial charge in [0.2, 0.25) is 16.6 Å². The van der Waals surface area contributed by atoms with E-state index in [1.807, 2.05) is 0 Å². The van der Waals surface area contributed by atoms with Crippen molar-refractivity contribution in [1.29, 1.82) is 0 Å². The number of hydrogen-bond donors (Lipinski definition) is 0. The van der Waals surface area contributed by atoms with Crippen molar-refractivity contribution in [2.45, 2.75) is 104 Å². The average Bonchev–Trinajstić information content (AvgIpc) is 2.89. The van der Waals surface area contributed by atoms with E-state index in [2.05, 4.69) is 90.1 Å². The topological polar surface area (TPSA) is 27.7 Å². The van der Waals surface area contributed by atoms with E-state index in [-0.39, 0.29) is 11.5 Å². The summed E-state index contributed by atoms with van der Waals surface area (Å²) in [5.41, 5.74) is 3.24. The van der Waals surface area contributed by atoms with Crippen LogP contribution >= 0.6 is 0 Å². The summed E-state index contributed by atoms with van der Waals surface area (Å²) >= 11 is 0. The summed E-state index contributed by atoms with van der Waals surface area (Å²) in [6.45, 7) is 23.1. The Morgan fingerprint density at radius 2 is 1.52 bits per heavy atom. The molecule has 3 aliphatic carbocycles. The number of benzene rings is 1. The lowest BCUT2D eigenvalue weighted by Gasteiger charge is -2.51. The zero-order valence-electron chi connectivity index (χ0n) is 22.7. The van der Waals surface area contributed by atoms with Gasteiger partial charge in [-0.2, -0.15) is 0 Å². The van der Waals surface area contributed by atoms with Crippen molar-refractivity contribution in [2.24, 2.45) is 17.3 Å². The first-order valence-corrected chi connectivity index (χ1v) is 23.2. The van der Waals surface area contributed by atoms with Gasteiger partial charge in [0.25, 0.3) is 0 Å². The monoisotopic (exact) mass is 502 g/mol. The summed E-state index contributed by atoms with van der Waals surface area (Å²) in [7, 11) is -5.00. The molecule has 0 N–H and O–H groups in total. The molecule has 3 unspecified atom stereocenters. The average molecular weight is 503 g/mol. The van der Waals surface area contributed by atoms with E-state index in [9.17, 15) is 0 Å². The lowest BCUT2D eigenvalue weighted by molar-refractivity contribution is -0.0150. The summed E-state index contributed by atoms with van der Waals surface area (Å²) < 4.78 is 19.9. The summed E-state index contributed by atoms with van der Waals surface area (Å²) in [6, 6.07) is 6.96. The first-order chi connectivity index (χ1) is 15.1. The molecule has 0 amide bonds. The van der Waals surface area contributed by atoms with E-state index >= 15 is 0 Å². The fourth-order valence-electron chi connectivity index (χ4n) is 6.45. The Morgan fingerprint density at radius 1 is 0.848 bits per heavy atom. The molecule has 0 spiro atoms. The number of hydrogen-bond acceptors (Lipinski definition) is 3. The lowest BCUT2D eigenvalue weighted by atomic mass is 9.55. The molecular formula is C27H46O3Si3. The SMILES string of the molecule is C[C@]12CCC3c4ccc(O[Si](C)(C)C)cc4CCC3C1C=C(O[Si](C)(C)C)[C@@H]2O[Si](C)(C)C. The third-order valence-corrected chi connectivity index (χ3v) is 10.2. The Labute approximate surface area is 205 Å². The molecule has 1 saturated carbocycles. The van der Waals surface area contributed by atoms with Crippen LogP contribution in [0.4, 0.5) is 0 Å². The first kappa shape index (κ1) is 25.3. The van der Waals surface area contributed by atoms with Gasteiger partial charge in [0.05, 0.1) is 0 Å². The molecule has 184 valence electrons. The molecule has 0 heterocycles. The van der Waals surface area contributed by atoms with E-state index in [0.717, 1.165) is 17.9 Å². The highest BCUT2D eigenvalue weighted by molar-refractivity contribution is 6.71. The molecule has 0 radical (unpaired) electrons. The minimum absolute atomic E-state index is 0.121. The van der Waals surface area contributed by atoms with Crippen LogP contribution in [0, 0.1) is 17.3 Å². The smallest absolute Gasteiger partial charge is 0.242 e. The predicted molar refractivity (Wildman–Crippen MR) is 147 cm³/mol. The van der Waals surface area contributed by atoms with Crippen LogP contribution in [0.25, 0.3) is 0 Å². The molecule has 0 bridgehead atoms. The van der Waals surface area contributed by atoms with Crippen LogP contribution in [0.3, 0.4) is 0 Å². The van der Waals surface area contributed by atoms with Gasteiger partial charge in [-0.15, -0.1) is 0 Å². The van der Waals surface area contributed by atoms with Crippen LogP contribution in [0.15, 0.2) is 30.0 Å². The van der Waals surface area contributed by atoms with Crippen molar-refractivity contribution in [2.75, 3.05) is 0 Å². The molecule has 5 atom stereocenters. The molecule has 0 aliphatic heterocycles. The quantitative estimate of drug-likeness (QED) is 0.370. The molecule has 1 aromatic rings. The molecule has 1 fully saturated rings. The Bertz CT molecular complexity index is 922. The van der Waals surface area contributed by atoms with E-state index in [0.29, 0.717) is 17.8 Å². The fourth-order valence-corrected chi connectivity index (χ4v) is 9.26. The Kier molecular flexibility index (Phi) is 6.42. The molecule has 4 rings (SSSR count). The molecule has 33 heavy (non-hydrogen) atoms. The second-order valence-electron chi connectivity index (χ2n) is 13.8. The zero-order valence-corrected chi connectivity index (χ0v) is 25.7. The van der Waals surface area contributed by atoms with Gasteiger partial charge in [-0.1, -0.05) is 13.0 Å². The van der Waals surface area contributed by atoms with Crippen molar-refractivity contribution in [3.63, 3.8) is 0 Å². The summed E-state index contributed by atoms with van der Waals surface area (Å²) in [5, 5.41) is 0. The van der Waals surface area contributed by atoms with Crippen LogP contribution in [0.5, 0.6) is 5.75 Å². The predicted octanol–water partition coefficient (Wildman–Crippen LogP) is 7.93. The highest BCUT2D eigenvalue weighted by atomic mass is 28.4. The Balaban J connectivity index is 1.65. The highest BCUT2D eigenvalue weighted by Crippen LogP contribution is 2.61. The van der Waals surface area contributed by atoms with Crippen molar-refractivity contribution < 1.29 is 13.3 Å². The summed E-state index contributed by atoms with van der Waals surface area (Å²) in [6.07, 6.45) is 7.51. The molecule has 0 saturated heterocycles. The van der Waals surface area contributed by atoms with Crippen LogP contribution in [-0.2, 0) is 15.3 Å². The van der Waals surface area contributed by atoms with Crippen molar-refractivity contribution in [3.05, 3.63) is 41.2 Å². The Hall–Kier alpha value is -0.829. The lowest BCUT2D eigenvalue weighted by Crippen LogP contribution is -2.49. The van der Waals surface area contributed by atoms with Gasteiger partial charge in [0.15, 0.2) is 8.32 Å². The molecule has 3 aliphatic rings. The van der Waals surface area contributed by atoms with E-state index < -0.39 is 25.0 Å². The van der Waals surface area contributed by atoms with Gasteiger partial charge in [0, 0.05) is 5.41 Å². The van der Waals surface area contributed by atoms with Crippen LogP contribution in [-0.4, -0.2) is 31.1 Å². The minimum Gasteiger partial charge on any atom is -0.546 e. The van der Waals surface area contributed by atoms with E-state index in [1.54, 1.807) is 5.56 Å². The van der Waals surface area contributed by atoms with Gasteiger partial charge >= 0.3 is 0 Å². The first-order valence-electron chi connectivity index (χ1n) is 13.0. The van der Waals surface area contributed by atoms with E-state index in [4.69, 9.17) is 13.3 Å². The molecule has 0 aromatic heterocycles. The fraction of sp³-hybridized carbons (Fsp3) is 0.704. The van der Waals surface area contributed by atoms with Gasteiger partial charge in [-0.05, 0) is 132 Å². The van der Waals surface area contributed by atoms with Crippen LogP contribution in [0.1, 0.15) is 43.2 Å². The van der Waals surface area contributed by atoms with Crippen molar-refractivity contribution in [3.8, 4) is 5.75 Å². The van der Waals surface area contributed by atoms with Gasteiger partial charge in [-0.3, -0.25) is 0 Å². The van der Waals surface area contributed by atoms with Gasteiger partial charge in [0.1, 0.15) is 17.6 Å². The summed E-state index contributed by atoms with van der Waals surface area (Å²) in [4.78, 5) is 0. The van der Waals surface area contributed by atoms with Gasteiger partial charge in [-0.25, -0.2) is 0 Å². The summed E-state index contributed by atoms with van der Waals surface area (Å²) in [5.74, 6) is 4.09. The number of fused-ring (bicyclic) bond motifs is 5. The number of rotatable bonds is 6. The van der Waals surface area contributed by atoms with Crippen molar-refractivity contribution >= 4 is 25.0 Å². The highest BCUT2D eigenvalue weighted by Gasteiger charge is 2.57. The third kappa shape index (κ3) is 5.39. The minimum atomic E-state index is -1.71. The maximum atomic E-state index is 6.90. The van der Waals surface area contributed by atoms with E-state index in [1.165, 1.54) is 24.8 Å². The second kappa shape index (κ2) is 8.39.